The fourth-order valence-corrected chi connectivity index (χ4v) is 6.53. The van der Waals surface area contributed by atoms with E-state index in [9.17, 15) is 14.4 Å². The minimum absolute atomic E-state index is 0.000956. The number of ether oxygens (including phenoxy) is 1. The van der Waals surface area contributed by atoms with Crippen molar-refractivity contribution in [2.24, 2.45) is 17.8 Å². The number of carbonyl (C=O) groups is 3. The molecular formula is C25H34ClN3O5. The van der Waals surface area contributed by atoms with Crippen LogP contribution in [0, 0.1) is 17.8 Å². The molecule has 186 valence electrons. The third-order valence-corrected chi connectivity index (χ3v) is 8.36. The fraction of sp³-hybridized carbons (Fsp3) is 0.640. The molecule has 4 rings (SSSR count). The van der Waals surface area contributed by atoms with Crippen molar-refractivity contribution in [1.82, 2.24) is 10.2 Å². The summed E-state index contributed by atoms with van der Waals surface area (Å²) in [6.45, 7) is 4.43. The Morgan fingerprint density at radius 3 is 2.59 bits per heavy atom. The number of nitrogens with one attached hydrogen (secondary N) is 2. The van der Waals surface area contributed by atoms with E-state index in [0.29, 0.717) is 36.5 Å². The Morgan fingerprint density at radius 2 is 1.91 bits per heavy atom. The number of amides is 3. The summed E-state index contributed by atoms with van der Waals surface area (Å²) in [6, 6.07) is 6.11. The summed E-state index contributed by atoms with van der Waals surface area (Å²) in [5, 5.41) is 15.1. The molecule has 3 amide bonds. The Kier molecular flexibility index (Phi) is 6.95. The number of carbonyl (C=O) groups excluding carboxylic acids is 3. The third kappa shape index (κ3) is 3.80. The summed E-state index contributed by atoms with van der Waals surface area (Å²) < 4.78 is 6.62. The number of unbranched alkanes of at least 4 members (excludes halogenated alkanes) is 3. The quantitative estimate of drug-likeness (QED) is 0.460. The second-order valence-electron chi connectivity index (χ2n) is 9.96. The van der Waals surface area contributed by atoms with E-state index < -0.39 is 29.1 Å². The highest BCUT2D eigenvalue weighted by molar-refractivity contribution is 6.33. The van der Waals surface area contributed by atoms with Gasteiger partial charge in [-0.2, -0.15) is 0 Å². The number of benzene rings is 1. The number of anilines is 1. The number of para-hydroxylation sites is 1. The lowest BCUT2D eigenvalue weighted by atomic mass is 9.62. The number of rotatable bonds is 9. The first-order valence-corrected chi connectivity index (χ1v) is 12.5. The molecule has 1 aromatic carbocycles. The fourth-order valence-electron chi connectivity index (χ4n) is 6.35. The van der Waals surface area contributed by atoms with Crippen molar-refractivity contribution in [2.75, 3.05) is 25.5 Å². The summed E-state index contributed by atoms with van der Waals surface area (Å²) in [4.78, 5) is 42.2. The first kappa shape index (κ1) is 24.9. The number of hydrogen-bond acceptors (Lipinski definition) is 5. The molecule has 0 aromatic heterocycles. The highest BCUT2D eigenvalue weighted by Crippen LogP contribution is 2.65. The summed E-state index contributed by atoms with van der Waals surface area (Å²) in [6.07, 6.45) is 3.59. The van der Waals surface area contributed by atoms with Crippen LogP contribution in [0.1, 0.15) is 46.0 Å². The zero-order chi connectivity index (χ0) is 24.7. The van der Waals surface area contributed by atoms with Crippen molar-refractivity contribution in [3.05, 3.63) is 29.3 Å². The number of hydrogen-bond donors (Lipinski definition) is 3. The molecule has 3 heterocycles. The van der Waals surface area contributed by atoms with Gasteiger partial charge in [0.2, 0.25) is 17.7 Å². The maximum Gasteiger partial charge on any atom is 0.250 e. The Labute approximate surface area is 205 Å². The Hall–Kier alpha value is -2.16. The van der Waals surface area contributed by atoms with Gasteiger partial charge in [0.25, 0.3) is 0 Å². The van der Waals surface area contributed by atoms with Crippen molar-refractivity contribution in [3.63, 3.8) is 0 Å². The lowest BCUT2D eigenvalue weighted by molar-refractivity contribution is -0.146. The third-order valence-electron chi connectivity index (χ3n) is 8.03. The highest BCUT2D eigenvalue weighted by atomic mass is 35.5. The van der Waals surface area contributed by atoms with E-state index in [0.717, 1.165) is 12.8 Å². The van der Waals surface area contributed by atoms with Crippen LogP contribution < -0.4 is 10.6 Å². The molecule has 2 bridgehead atoms. The van der Waals surface area contributed by atoms with Gasteiger partial charge in [0.05, 0.1) is 28.1 Å². The standard InChI is InChI=1S/C25H34ClN3O5/c1-15-14-25-19(18(21(31)27-3)24(15,2)34-25)23(33)29(12-8-4-5-9-13-30)20(25)22(32)28-17-11-7-6-10-16(17)26/h6-7,10-11,15,18-20,30H,4-5,8-9,12-14H2,1-3H3,(H,27,31)(H,28,32)/t15?,18-,19-,20?,24+,25?/m0/s1. The molecule has 6 atom stereocenters. The van der Waals surface area contributed by atoms with Gasteiger partial charge in [-0.05, 0) is 44.2 Å². The van der Waals surface area contributed by atoms with Crippen LogP contribution in [0.5, 0.6) is 0 Å². The Bertz CT molecular complexity index is 974. The van der Waals surface area contributed by atoms with Gasteiger partial charge in [0.15, 0.2) is 0 Å². The van der Waals surface area contributed by atoms with Gasteiger partial charge in [-0.3, -0.25) is 14.4 Å². The van der Waals surface area contributed by atoms with Gasteiger partial charge in [-0.25, -0.2) is 0 Å². The van der Waals surface area contributed by atoms with Crippen LogP contribution in [-0.4, -0.2) is 65.2 Å². The van der Waals surface area contributed by atoms with Crippen LogP contribution in [0.15, 0.2) is 24.3 Å². The molecular weight excluding hydrogens is 458 g/mol. The van der Waals surface area contributed by atoms with Crippen molar-refractivity contribution < 1.29 is 24.2 Å². The van der Waals surface area contributed by atoms with Crippen molar-refractivity contribution >= 4 is 35.0 Å². The van der Waals surface area contributed by atoms with E-state index in [-0.39, 0.29) is 30.2 Å². The second kappa shape index (κ2) is 9.47. The van der Waals surface area contributed by atoms with Crippen LogP contribution in [0.3, 0.4) is 0 Å². The maximum absolute atomic E-state index is 13.8. The monoisotopic (exact) mass is 491 g/mol. The second-order valence-corrected chi connectivity index (χ2v) is 10.4. The molecule has 8 nitrogen and oxygen atoms in total. The van der Waals surface area contributed by atoms with Crippen molar-refractivity contribution in [2.45, 2.75) is 63.2 Å². The van der Waals surface area contributed by atoms with E-state index in [2.05, 4.69) is 10.6 Å². The van der Waals surface area contributed by atoms with E-state index >= 15 is 0 Å². The van der Waals surface area contributed by atoms with Gasteiger partial charge in [-0.15, -0.1) is 0 Å². The number of aliphatic hydroxyl groups excluding tert-OH is 1. The Morgan fingerprint density at radius 1 is 1.21 bits per heavy atom. The minimum atomic E-state index is -1.07. The lowest BCUT2D eigenvalue weighted by Crippen LogP contribution is -2.54. The summed E-state index contributed by atoms with van der Waals surface area (Å²) in [5.41, 5.74) is -1.42. The molecule has 1 aromatic rings. The van der Waals surface area contributed by atoms with Gasteiger partial charge in [0, 0.05) is 20.2 Å². The number of halogens is 1. The molecule has 3 fully saturated rings. The first-order chi connectivity index (χ1) is 16.2. The Balaban J connectivity index is 1.69. The van der Waals surface area contributed by atoms with Gasteiger partial charge in [-0.1, -0.05) is 43.5 Å². The molecule has 1 spiro atoms. The topological polar surface area (TPSA) is 108 Å². The normalized spacial score (nSPS) is 33.8. The van der Waals surface area contributed by atoms with Crippen molar-refractivity contribution in [1.29, 1.82) is 0 Å². The van der Waals surface area contributed by atoms with E-state index in [1.165, 1.54) is 0 Å². The number of aliphatic hydroxyl groups is 1. The lowest BCUT2D eigenvalue weighted by Gasteiger charge is -2.36. The molecule has 3 aliphatic rings. The predicted molar refractivity (Wildman–Crippen MR) is 128 cm³/mol. The maximum atomic E-state index is 13.8. The van der Waals surface area contributed by atoms with Crippen LogP contribution in [0.2, 0.25) is 5.02 Å². The summed E-state index contributed by atoms with van der Waals surface area (Å²) in [7, 11) is 1.56. The number of fused-ring (bicyclic) bond motifs is 1. The number of nitrogens with zero attached hydrogens (tertiary/aromatic N) is 1. The van der Waals surface area contributed by atoms with Crippen LogP contribution >= 0.6 is 11.6 Å². The predicted octanol–water partition coefficient (Wildman–Crippen LogP) is 2.59. The molecule has 3 N–H and O–H groups in total. The molecule has 34 heavy (non-hydrogen) atoms. The molecule has 3 unspecified atom stereocenters. The molecule has 0 saturated carbocycles. The van der Waals surface area contributed by atoms with Crippen molar-refractivity contribution in [3.8, 4) is 0 Å². The minimum Gasteiger partial charge on any atom is -0.396 e. The van der Waals surface area contributed by atoms with Crippen LogP contribution in [0.4, 0.5) is 5.69 Å². The summed E-state index contributed by atoms with van der Waals surface area (Å²) in [5.74, 6) is -2.17. The first-order valence-electron chi connectivity index (χ1n) is 12.1. The zero-order valence-corrected chi connectivity index (χ0v) is 20.7. The largest absolute Gasteiger partial charge is 0.396 e. The van der Waals surface area contributed by atoms with Gasteiger partial charge < -0.3 is 25.4 Å². The summed E-state index contributed by atoms with van der Waals surface area (Å²) >= 11 is 6.29. The molecule has 3 saturated heterocycles. The van der Waals surface area contributed by atoms with E-state index in [1.807, 2.05) is 13.8 Å². The van der Waals surface area contributed by atoms with Gasteiger partial charge in [0.1, 0.15) is 11.6 Å². The average molecular weight is 492 g/mol. The number of likely N-dealkylation sites (tertiary alicyclic amines) is 1. The SMILES string of the molecule is CNC(=O)[C@@H]1[C@H]2C(=O)N(CCCCCCO)C(C(=O)Nc3ccccc3Cl)C23CC(C)[C@@]1(C)O3. The smallest absolute Gasteiger partial charge is 0.250 e. The zero-order valence-electron chi connectivity index (χ0n) is 20.0. The van der Waals surface area contributed by atoms with Crippen LogP contribution in [0.25, 0.3) is 0 Å². The molecule has 0 aliphatic carbocycles. The van der Waals surface area contributed by atoms with E-state index in [4.69, 9.17) is 21.4 Å². The van der Waals surface area contributed by atoms with Crippen LogP contribution in [-0.2, 0) is 19.1 Å². The molecule has 3 aliphatic heterocycles. The highest BCUT2D eigenvalue weighted by Gasteiger charge is 2.79. The van der Waals surface area contributed by atoms with Gasteiger partial charge >= 0.3 is 0 Å². The van der Waals surface area contributed by atoms with E-state index in [1.54, 1.807) is 36.2 Å². The molecule has 9 heteroatoms. The average Bonchev–Trinajstić information content (AvgIpc) is 3.31. The molecule has 0 radical (unpaired) electrons.